The van der Waals surface area contributed by atoms with Crippen molar-refractivity contribution in [3.05, 3.63) is 35.4 Å². The van der Waals surface area contributed by atoms with Crippen LogP contribution in [0.2, 0.25) is 0 Å². The lowest BCUT2D eigenvalue weighted by Gasteiger charge is -2.33. The third kappa shape index (κ3) is 6.79. The molecule has 3 atom stereocenters. The van der Waals surface area contributed by atoms with Gasteiger partial charge in [-0.3, -0.25) is 14.4 Å². The minimum absolute atomic E-state index is 0.00437. The Morgan fingerprint density at radius 1 is 1.21 bits per heavy atom. The van der Waals surface area contributed by atoms with E-state index in [-0.39, 0.29) is 35.3 Å². The number of aryl methyl sites for hydroxylation is 1. The highest BCUT2D eigenvalue weighted by Gasteiger charge is 2.44. The van der Waals surface area contributed by atoms with Crippen molar-refractivity contribution in [1.82, 2.24) is 15.1 Å². The number of carbonyl (C=O) groups excluding carboxylic acids is 3. The van der Waals surface area contributed by atoms with Gasteiger partial charge in [0.15, 0.2) is 0 Å². The Kier molecular flexibility index (Phi) is 8.71. The van der Waals surface area contributed by atoms with E-state index in [4.69, 9.17) is 10.5 Å². The summed E-state index contributed by atoms with van der Waals surface area (Å²) >= 11 is 0. The van der Waals surface area contributed by atoms with E-state index in [1.165, 1.54) is 0 Å². The maximum absolute atomic E-state index is 13.5. The smallest absolute Gasteiger partial charge is 0.254 e. The summed E-state index contributed by atoms with van der Waals surface area (Å²) < 4.78 is 5.84. The summed E-state index contributed by atoms with van der Waals surface area (Å²) in [5.74, 6) is -0.386. The van der Waals surface area contributed by atoms with Crippen LogP contribution >= 0.6 is 0 Å². The number of nitrogens with zero attached hydrogens (tertiary/aromatic N) is 2. The SMILES string of the molecule is Cc1ccc(C(=O)N2CC(N(CC3CCCO3)C(=O)CC(C)(C)C)CC2C(=O)NCCN)cc1. The van der Waals surface area contributed by atoms with Crippen LogP contribution in [0.15, 0.2) is 24.3 Å². The number of hydrogen-bond donors (Lipinski definition) is 2. The zero-order chi connectivity index (χ0) is 24.9. The highest BCUT2D eigenvalue weighted by Crippen LogP contribution is 2.29. The molecule has 3 rings (SSSR count). The molecule has 8 nitrogen and oxygen atoms in total. The molecule has 0 spiro atoms. The van der Waals surface area contributed by atoms with Crippen LogP contribution in [-0.4, -0.2) is 78.5 Å². The van der Waals surface area contributed by atoms with Gasteiger partial charge in [0.25, 0.3) is 5.91 Å². The average molecular weight is 473 g/mol. The van der Waals surface area contributed by atoms with Crippen molar-refractivity contribution in [2.45, 2.75) is 71.6 Å². The molecule has 0 bridgehead atoms. The first-order valence-corrected chi connectivity index (χ1v) is 12.4. The van der Waals surface area contributed by atoms with E-state index < -0.39 is 6.04 Å². The number of rotatable bonds is 8. The molecule has 0 aromatic heterocycles. The first-order valence-electron chi connectivity index (χ1n) is 12.4. The molecule has 34 heavy (non-hydrogen) atoms. The number of carbonyl (C=O) groups is 3. The Labute approximate surface area is 203 Å². The summed E-state index contributed by atoms with van der Waals surface area (Å²) in [6, 6.07) is 6.45. The van der Waals surface area contributed by atoms with Crippen molar-refractivity contribution >= 4 is 17.7 Å². The van der Waals surface area contributed by atoms with Crippen molar-refractivity contribution in [2.75, 3.05) is 32.8 Å². The second-order valence-corrected chi connectivity index (χ2v) is 10.7. The maximum Gasteiger partial charge on any atom is 0.254 e. The van der Waals surface area contributed by atoms with Crippen LogP contribution in [0, 0.1) is 12.3 Å². The quantitative estimate of drug-likeness (QED) is 0.603. The molecule has 3 amide bonds. The molecule has 3 N–H and O–H groups in total. The fourth-order valence-corrected chi connectivity index (χ4v) is 4.71. The molecule has 2 saturated heterocycles. The second-order valence-electron chi connectivity index (χ2n) is 10.7. The number of amides is 3. The zero-order valence-corrected chi connectivity index (χ0v) is 21.0. The minimum Gasteiger partial charge on any atom is -0.376 e. The van der Waals surface area contributed by atoms with E-state index in [0.717, 1.165) is 18.4 Å². The fourth-order valence-electron chi connectivity index (χ4n) is 4.71. The Bertz CT molecular complexity index is 859. The number of hydrogen-bond acceptors (Lipinski definition) is 5. The Balaban J connectivity index is 1.86. The summed E-state index contributed by atoms with van der Waals surface area (Å²) in [6.07, 6.45) is 2.69. The van der Waals surface area contributed by atoms with Crippen LogP contribution in [0.25, 0.3) is 0 Å². The summed E-state index contributed by atoms with van der Waals surface area (Å²) in [5.41, 5.74) is 7.01. The van der Waals surface area contributed by atoms with Crippen LogP contribution in [-0.2, 0) is 14.3 Å². The molecule has 2 heterocycles. The highest BCUT2D eigenvalue weighted by molar-refractivity contribution is 5.98. The van der Waals surface area contributed by atoms with E-state index >= 15 is 0 Å². The number of benzene rings is 1. The Morgan fingerprint density at radius 3 is 2.50 bits per heavy atom. The van der Waals surface area contributed by atoms with Crippen molar-refractivity contribution in [1.29, 1.82) is 0 Å². The first-order chi connectivity index (χ1) is 16.1. The van der Waals surface area contributed by atoms with Gasteiger partial charge >= 0.3 is 0 Å². The normalized spacial score (nSPS) is 22.6. The average Bonchev–Trinajstić information content (AvgIpc) is 3.44. The molecule has 0 saturated carbocycles. The van der Waals surface area contributed by atoms with Gasteiger partial charge in [0.1, 0.15) is 6.04 Å². The van der Waals surface area contributed by atoms with Gasteiger partial charge in [0.05, 0.1) is 12.1 Å². The number of likely N-dealkylation sites (tertiary alicyclic amines) is 1. The van der Waals surface area contributed by atoms with Gasteiger partial charge in [-0.1, -0.05) is 38.5 Å². The number of nitrogens with two attached hydrogens (primary N) is 1. The van der Waals surface area contributed by atoms with Crippen LogP contribution in [0.3, 0.4) is 0 Å². The first kappa shape index (κ1) is 26.2. The summed E-state index contributed by atoms with van der Waals surface area (Å²) in [6.45, 7) is 10.3. The Hall–Kier alpha value is -2.45. The van der Waals surface area contributed by atoms with E-state index in [1.807, 2.05) is 44.7 Å². The predicted octanol–water partition coefficient (Wildman–Crippen LogP) is 2.10. The van der Waals surface area contributed by atoms with Crippen molar-refractivity contribution in [2.24, 2.45) is 11.1 Å². The third-order valence-corrected chi connectivity index (χ3v) is 6.45. The molecular formula is C26H40N4O4. The van der Waals surface area contributed by atoms with Crippen LogP contribution in [0.5, 0.6) is 0 Å². The second kappa shape index (κ2) is 11.3. The van der Waals surface area contributed by atoms with Gasteiger partial charge in [-0.15, -0.1) is 0 Å². The number of nitrogens with one attached hydrogen (secondary N) is 1. The van der Waals surface area contributed by atoms with Gasteiger partial charge in [-0.2, -0.15) is 0 Å². The molecule has 2 fully saturated rings. The Morgan fingerprint density at radius 2 is 1.91 bits per heavy atom. The molecule has 1 aromatic carbocycles. The minimum atomic E-state index is -0.653. The number of ether oxygens (including phenoxy) is 1. The lowest BCUT2D eigenvalue weighted by Crippen LogP contribution is -2.47. The van der Waals surface area contributed by atoms with Crippen LogP contribution in [0.1, 0.15) is 62.4 Å². The van der Waals surface area contributed by atoms with E-state index in [1.54, 1.807) is 17.0 Å². The van der Waals surface area contributed by atoms with Crippen molar-refractivity contribution in [3.8, 4) is 0 Å². The monoisotopic (exact) mass is 472 g/mol. The lowest BCUT2D eigenvalue weighted by atomic mass is 9.91. The van der Waals surface area contributed by atoms with Gasteiger partial charge in [0.2, 0.25) is 11.8 Å². The molecule has 2 aliphatic rings. The van der Waals surface area contributed by atoms with E-state index in [9.17, 15) is 14.4 Å². The van der Waals surface area contributed by atoms with Crippen molar-refractivity contribution in [3.63, 3.8) is 0 Å². The molecule has 0 radical (unpaired) electrons. The molecule has 2 aliphatic heterocycles. The van der Waals surface area contributed by atoms with Crippen LogP contribution in [0.4, 0.5) is 0 Å². The molecular weight excluding hydrogens is 432 g/mol. The van der Waals surface area contributed by atoms with Gasteiger partial charge in [0, 0.05) is 44.8 Å². The van der Waals surface area contributed by atoms with Crippen molar-refractivity contribution < 1.29 is 19.1 Å². The maximum atomic E-state index is 13.5. The van der Waals surface area contributed by atoms with Crippen LogP contribution < -0.4 is 11.1 Å². The molecule has 3 unspecified atom stereocenters. The molecule has 188 valence electrons. The fraction of sp³-hybridized carbons (Fsp3) is 0.654. The summed E-state index contributed by atoms with van der Waals surface area (Å²) in [7, 11) is 0. The summed E-state index contributed by atoms with van der Waals surface area (Å²) in [5, 5.41) is 2.83. The highest BCUT2D eigenvalue weighted by atomic mass is 16.5. The summed E-state index contributed by atoms with van der Waals surface area (Å²) in [4.78, 5) is 43.4. The van der Waals surface area contributed by atoms with Gasteiger partial charge in [-0.25, -0.2) is 0 Å². The predicted molar refractivity (Wildman–Crippen MR) is 131 cm³/mol. The zero-order valence-electron chi connectivity index (χ0n) is 21.0. The topological polar surface area (TPSA) is 105 Å². The third-order valence-electron chi connectivity index (χ3n) is 6.45. The lowest BCUT2D eigenvalue weighted by molar-refractivity contribution is -0.137. The van der Waals surface area contributed by atoms with Gasteiger partial charge in [-0.05, 0) is 43.7 Å². The molecule has 0 aliphatic carbocycles. The molecule has 8 heteroatoms. The van der Waals surface area contributed by atoms with Gasteiger partial charge < -0.3 is 25.6 Å². The molecule has 1 aromatic rings. The van der Waals surface area contributed by atoms with E-state index in [2.05, 4.69) is 5.32 Å². The van der Waals surface area contributed by atoms with E-state index in [0.29, 0.717) is 51.2 Å². The largest absolute Gasteiger partial charge is 0.376 e. The standard InChI is InChI=1S/C26H40N4O4/c1-18-7-9-19(10-8-18)25(33)30-16-20(14-22(30)24(32)28-12-11-27)29(17-21-6-5-13-34-21)23(31)15-26(2,3)4/h7-10,20-22H,5-6,11-17,27H2,1-4H3,(H,28,32).